The van der Waals surface area contributed by atoms with Crippen LogP contribution in [0.4, 0.5) is 0 Å². The molecule has 20 heavy (non-hydrogen) atoms. The van der Waals surface area contributed by atoms with E-state index in [0.29, 0.717) is 18.0 Å². The van der Waals surface area contributed by atoms with Gasteiger partial charge in [-0.05, 0) is 45.8 Å². The van der Waals surface area contributed by atoms with Crippen LogP contribution in [-0.2, 0) is 0 Å². The molecule has 114 valence electrons. The Balaban J connectivity index is 3.12. The zero-order valence-electron chi connectivity index (χ0n) is 14.3. The fraction of sp³-hybridized carbons (Fsp3) is 0.667. The lowest BCUT2D eigenvalue weighted by atomic mass is 9.86. The maximum atomic E-state index is 3.54. The van der Waals surface area contributed by atoms with E-state index in [1.165, 1.54) is 5.56 Å². The molecule has 0 aliphatic rings. The van der Waals surface area contributed by atoms with Crippen LogP contribution in [-0.4, -0.2) is 30.6 Å². The molecule has 0 aliphatic carbocycles. The lowest BCUT2D eigenvalue weighted by Gasteiger charge is -2.46. The Morgan fingerprint density at radius 1 is 1.15 bits per heavy atom. The van der Waals surface area contributed by atoms with Gasteiger partial charge in [0.15, 0.2) is 0 Å². The van der Waals surface area contributed by atoms with Gasteiger partial charge in [-0.15, -0.1) is 0 Å². The summed E-state index contributed by atoms with van der Waals surface area (Å²) in [5.41, 5.74) is 1.58. The van der Waals surface area contributed by atoms with E-state index in [9.17, 15) is 0 Å². The number of hydrogen-bond donors (Lipinski definition) is 1. The highest BCUT2D eigenvalue weighted by Gasteiger charge is 2.35. The predicted octanol–water partition coefficient (Wildman–Crippen LogP) is 4.09. The summed E-state index contributed by atoms with van der Waals surface area (Å²) in [7, 11) is 4.33. The summed E-state index contributed by atoms with van der Waals surface area (Å²) in [5, 5.41) is 3.54. The summed E-state index contributed by atoms with van der Waals surface area (Å²) in [4.78, 5) is 2.55. The Hall–Kier alpha value is -0.860. The standard InChI is InChI=1S/C18H32N2/c1-8-18(4,5)20(7)17(14(2)3)16(19-6)15-12-10-9-11-13-15/h9-14,16-17,19H,8H2,1-7H3. The summed E-state index contributed by atoms with van der Waals surface area (Å²) in [6.45, 7) is 11.6. The van der Waals surface area contributed by atoms with Crippen LogP contribution in [0, 0.1) is 5.92 Å². The van der Waals surface area contributed by atoms with Gasteiger partial charge < -0.3 is 5.32 Å². The Labute approximate surface area is 125 Å². The Morgan fingerprint density at radius 3 is 2.10 bits per heavy atom. The van der Waals surface area contributed by atoms with Crippen LogP contribution < -0.4 is 5.32 Å². The first-order valence-corrected chi connectivity index (χ1v) is 7.80. The van der Waals surface area contributed by atoms with E-state index in [2.05, 4.69) is 89.3 Å². The first-order chi connectivity index (χ1) is 9.35. The summed E-state index contributed by atoms with van der Waals surface area (Å²) in [6, 6.07) is 11.6. The van der Waals surface area contributed by atoms with Crippen molar-refractivity contribution < 1.29 is 0 Å². The van der Waals surface area contributed by atoms with Crippen LogP contribution in [0.25, 0.3) is 0 Å². The highest BCUT2D eigenvalue weighted by molar-refractivity contribution is 5.21. The minimum atomic E-state index is 0.207. The third-order valence-corrected chi connectivity index (χ3v) is 4.76. The van der Waals surface area contributed by atoms with E-state index in [4.69, 9.17) is 0 Å². The SMILES string of the molecule is CCC(C)(C)N(C)C(C(C)C)C(NC)c1ccccc1. The quantitative estimate of drug-likeness (QED) is 0.807. The first kappa shape index (κ1) is 17.2. The molecule has 0 aromatic heterocycles. The number of likely N-dealkylation sites (N-methyl/N-ethyl adjacent to an activating group) is 2. The van der Waals surface area contributed by atoms with Crippen molar-refractivity contribution in [2.24, 2.45) is 5.92 Å². The number of rotatable bonds is 7. The molecule has 2 atom stereocenters. The summed E-state index contributed by atoms with van der Waals surface area (Å²) in [5.74, 6) is 0.587. The average molecular weight is 276 g/mol. The van der Waals surface area contributed by atoms with Crippen molar-refractivity contribution in [3.05, 3.63) is 35.9 Å². The second-order valence-corrected chi connectivity index (χ2v) is 6.69. The van der Waals surface area contributed by atoms with Crippen molar-refractivity contribution in [1.29, 1.82) is 0 Å². The molecular formula is C18H32N2. The largest absolute Gasteiger partial charge is 0.312 e. The van der Waals surface area contributed by atoms with Crippen LogP contribution in [0.3, 0.4) is 0 Å². The number of benzene rings is 1. The third kappa shape index (κ3) is 3.83. The smallest absolute Gasteiger partial charge is 0.0478 e. The molecule has 1 rings (SSSR count). The van der Waals surface area contributed by atoms with Crippen LogP contribution in [0.5, 0.6) is 0 Å². The van der Waals surface area contributed by atoms with Crippen molar-refractivity contribution in [1.82, 2.24) is 10.2 Å². The fourth-order valence-electron chi connectivity index (χ4n) is 2.90. The minimum Gasteiger partial charge on any atom is -0.312 e. The van der Waals surface area contributed by atoms with Gasteiger partial charge in [-0.1, -0.05) is 51.1 Å². The molecule has 0 aliphatic heterocycles. The summed E-state index contributed by atoms with van der Waals surface area (Å²) < 4.78 is 0. The van der Waals surface area contributed by atoms with Crippen LogP contribution in [0.1, 0.15) is 52.6 Å². The Bertz CT molecular complexity index is 384. The molecule has 1 N–H and O–H groups in total. The molecular weight excluding hydrogens is 244 g/mol. The molecule has 2 unspecified atom stereocenters. The van der Waals surface area contributed by atoms with E-state index >= 15 is 0 Å². The van der Waals surface area contributed by atoms with Crippen molar-refractivity contribution in [2.75, 3.05) is 14.1 Å². The van der Waals surface area contributed by atoms with Gasteiger partial charge in [0, 0.05) is 17.6 Å². The molecule has 0 saturated heterocycles. The number of hydrogen-bond acceptors (Lipinski definition) is 2. The van der Waals surface area contributed by atoms with Gasteiger partial charge in [-0.25, -0.2) is 0 Å². The van der Waals surface area contributed by atoms with Gasteiger partial charge >= 0.3 is 0 Å². The molecule has 0 amide bonds. The maximum absolute atomic E-state index is 3.54. The van der Waals surface area contributed by atoms with Crippen molar-refractivity contribution >= 4 is 0 Å². The van der Waals surface area contributed by atoms with Crippen molar-refractivity contribution in [3.8, 4) is 0 Å². The van der Waals surface area contributed by atoms with E-state index in [1.54, 1.807) is 0 Å². The molecule has 1 aromatic rings. The summed E-state index contributed by atoms with van der Waals surface area (Å²) in [6.07, 6.45) is 1.15. The van der Waals surface area contributed by atoms with E-state index in [-0.39, 0.29) is 5.54 Å². The lowest BCUT2D eigenvalue weighted by Crippen LogP contribution is -2.53. The van der Waals surface area contributed by atoms with Crippen LogP contribution in [0.2, 0.25) is 0 Å². The zero-order chi connectivity index (χ0) is 15.3. The monoisotopic (exact) mass is 276 g/mol. The second kappa shape index (κ2) is 7.24. The second-order valence-electron chi connectivity index (χ2n) is 6.69. The van der Waals surface area contributed by atoms with Crippen molar-refractivity contribution in [3.63, 3.8) is 0 Å². The first-order valence-electron chi connectivity index (χ1n) is 7.80. The highest BCUT2D eigenvalue weighted by atomic mass is 15.2. The number of nitrogens with one attached hydrogen (secondary N) is 1. The molecule has 0 saturated carbocycles. The molecule has 1 aromatic carbocycles. The molecule has 0 radical (unpaired) electrons. The Kier molecular flexibility index (Phi) is 6.22. The van der Waals surface area contributed by atoms with Gasteiger partial charge in [-0.2, -0.15) is 0 Å². The van der Waals surface area contributed by atoms with Gasteiger partial charge in [-0.3, -0.25) is 4.90 Å². The van der Waals surface area contributed by atoms with E-state index in [0.717, 1.165) is 6.42 Å². The molecule has 0 fully saturated rings. The lowest BCUT2D eigenvalue weighted by molar-refractivity contribution is 0.0492. The normalized spacial score (nSPS) is 15.7. The highest BCUT2D eigenvalue weighted by Crippen LogP contribution is 2.31. The fourth-order valence-corrected chi connectivity index (χ4v) is 2.90. The molecule has 0 heterocycles. The average Bonchev–Trinajstić information content (AvgIpc) is 2.44. The minimum absolute atomic E-state index is 0.207. The van der Waals surface area contributed by atoms with E-state index < -0.39 is 0 Å². The van der Waals surface area contributed by atoms with Crippen molar-refractivity contribution in [2.45, 2.75) is 58.7 Å². The van der Waals surface area contributed by atoms with Crippen LogP contribution in [0.15, 0.2) is 30.3 Å². The topological polar surface area (TPSA) is 15.3 Å². The molecule has 2 nitrogen and oxygen atoms in total. The third-order valence-electron chi connectivity index (χ3n) is 4.76. The van der Waals surface area contributed by atoms with Crippen LogP contribution >= 0.6 is 0 Å². The van der Waals surface area contributed by atoms with Gasteiger partial charge in [0.2, 0.25) is 0 Å². The van der Waals surface area contributed by atoms with Gasteiger partial charge in [0.1, 0.15) is 0 Å². The number of nitrogens with zero attached hydrogens (tertiary/aromatic N) is 1. The predicted molar refractivity (Wildman–Crippen MR) is 89.0 cm³/mol. The summed E-state index contributed by atoms with van der Waals surface area (Å²) >= 11 is 0. The van der Waals surface area contributed by atoms with Gasteiger partial charge in [0.25, 0.3) is 0 Å². The van der Waals surface area contributed by atoms with Gasteiger partial charge in [0.05, 0.1) is 0 Å². The molecule has 2 heteroatoms. The molecule has 0 bridgehead atoms. The maximum Gasteiger partial charge on any atom is 0.0478 e. The van der Waals surface area contributed by atoms with E-state index in [1.807, 2.05) is 0 Å². The zero-order valence-corrected chi connectivity index (χ0v) is 14.3. The Morgan fingerprint density at radius 2 is 1.70 bits per heavy atom. The molecule has 0 spiro atoms.